The number of fused-ring (bicyclic) bond motifs is 3. The minimum absolute atomic E-state index is 0.290. The molecule has 0 fully saturated rings. The summed E-state index contributed by atoms with van der Waals surface area (Å²) in [7, 11) is 2.78. The monoisotopic (exact) mass is 375 g/mol. The zero-order valence-corrected chi connectivity index (χ0v) is 16.6. The first-order valence-electron chi connectivity index (χ1n) is 9.03. The first-order valence-corrected chi connectivity index (χ1v) is 9.03. The highest BCUT2D eigenvalue weighted by atomic mass is 16.5. The first-order chi connectivity index (χ1) is 12.8. The lowest BCUT2D eigenvalue weighted by atomic mass is 10.3. The van der Waals surface area contributed by atoms with E-state index in [9.17, 15) is 14.4 Å². The van der Waals surface area contributed by atoms with Crippen LogP contribution in [0, 0.1) is 13.8 Å². The van der Waals surface area contributed by atoms with Gasteiger partial charge < -0.3 is 9.30 Å². The molecule has 0 radical (unpaired) electrons. The van der Waals surface area contributed by atoms with Crippen molar-refractivity contribution in [3.05, 3.63) is 32.2 Å². The fourth-order valence-electron chi connectivity index (χ4n) is 3.48. The van der Waals surface area contributed by atoms with Crippen LogP contribution in [-0.2, 0) is 23.1 Å². The Morgan fingerprint density at radius 3 is 2.48 bits per heavy atom. The van der Waals surface area contributed by atoms with Crippen molar-refractivity contribution in [1.29, 1.82) is 0 Å². The van der Waals surface area contributed by atoms with E-state index in [1.165, 1.54) is 18.6 Å². The standard InChI is InChI=1S/C18H25N5O4/c1-7-8-9-21-10(2)11(3)22-13-14(19-17(21)22)20(5)18(26)23(15(13)24)12(4)16(25)27-6/h12H,7-9H2,1-6H3. The lowest BCUT2D eigenvalue weighted by molar-refractivity contribution is -0.144. The van der Waals surface area contributed by atoms with Gasteiger partial charge in [-0.25, -0.2) is 14.2 Å². The molecule has 0 saturated carbocycles. The van der Waals surface area contributed by atoms with E-state index in [1.54, 1.807) is 11.4 Å². The molecule has 9 heteroatoms. The van der Waals surface area contributed by atoms with E-state index in [4.69, 9.17) is 4.74 Å². The van der Waals surface area contributed by atoms with E-state index in [-0.39, 0.29) is 0 Å². The highest BCUT2D eigenvalue weighted by molar-refractivity contribution is 5.78. The summed E-state index contributed by atoms with van der Waals surface area (Å²) in [6, 6.07) is -1.03. The third-order valence-corrected chi connectivity index (χ3v) is 5.24. The highest BCUT2D eigenvalue weighted by Crippen LogP contribution is 2.21. The molecule has 27 heavy (non-hydrogen) atoms. The predicted octanol–water partition coefficient (Wildman–Crippen LogP) is 1.30. The Hall–Kier alpha value is -2.84. The van der Waals surface area contributed by atoms with Crippen molar-refractivity contribution < 1.29 is 9.53 Å². The first kappa shape index (κ1) is 18.9. The van der Waals surface area contributed by atoms with Gasteiger partial charge in [0.15, 0.2) is 11.2 Å². The van der Waals surface area contributed by atoms with Crippen molar-refractivity contribution in [3.8, 4) is 0 Å². The minimum atomic E-state index is -1.03. The summed E-state index contributed by atoms with van der Waals surface area (Å²) in [6.07, 6.45) is 2.02. The number of imidazole rings is 2. The molecular weight excluding hydrogens is 350 g/mol. The number of rotatable bonds is 5. The molecule has 0 saturated heterocycles. The Morgan fingerprint density at radius 1 is 1.22 bits per heavy atom. The molecule has 3 rings (SSSR count). The number of ether oxygens (including phenoxy) is 1. The van der Waals surface area contributed by atoms with Crippen LogP contribution in [0.2, 0.25) is 0 Å². The van der Waals surface area contributed by atoms with Crippen LogP contribution in [-0.4, -0.2) is 36.2 Å². The van der Waals surface area contributed by atoms with Crippen LogP contribution in [0.5, 0.6) is 0 Å². The number of aromatic nitrogens is 5. The molecule has 0 spiro atoms. The van der Waals surface area contributed by atoms with Crippen LogP contribution in [0.15, 0.2) is 9.59 Å². The number of carbonyl (C=O) groups excluding carboxylic acids is 1. The topological polar surface area (TPSA) is 92.5 Å². The lowest BCUT2D eigenvalue weighted by Crippen LogP contribution is -2.43. The Labute approximate surface area is 155 Å². The molecule has 0 aliphatic rings. The summed E-state index contributed by atoms with van der Waals surface area (Å²) in [6.45, 7) is 8.28. The summed E-state index contributed by atoms with van der Waals surface area (Å²) in [5.74, 6) is -0.0215. The van der Waals surface area contributed by atoms with Crippen LogP contribution in [0.4, 0.5) is 0 Å². The van der Waals surface area contributed by atoms with Crippen LogP contribution in [0.25, 0.3) is 16.9 Å². The van der Waals surface area contributed by atoms with E-state index < -0.39 is 23.3 Å². The molecule has 0 aromatic carbocycles. The number of hydrogen-bond donors (Lipinski definition) is 0. The molecule has 0 aliphatic carbocycles. The van der Waals surface area contributed by atoms with Gasteiger partial charge in [-0.15, -0.1) is 0 Å². The van der Waals surface area contributed by atoms with Crippen LogP contribution in [0.1, 0.15) is 44.1 Å². The average Bonchev–Trinajstić information content (AvgIpc) is 3.14. The number of aryl methyl sites for hydroxylation is 3. The molecule has 0 N–H and O–H groups in total. The molecular formula is C18H25N5O4. The molecule has 0 bridgehead atoms. The van der Waals surface area contributed by atoms with Crippen molar-refractivity contribution >= 4 is 22.9 Å². The molecule has 3 aromatic rings. The van der Waals surface area contributed by atoms with Gasteiger partial charge in [-0.05, 0) is 27.2 Å². The molecule has 9 nitrogen and oxygen atoms in total. The summed E-state index contributed by atoms with van der Waals surface area (Å²) >= 11 is 0. The summed E-state index contributed by atoms with van der Waals surface area (Å²) in [4.78, 5) is 42.5. The molecule has 3 aromatic heterocycles. The fourth-order valence-corrected chi connectivity index (χ4v) is 3.48. The second-order valence-corrected chi connectivity index (χ2v) is 6.81. The van der Waals surface area contributed by atoms with Gasteiger partial charge in [-0.1, -0.05) is 13.3 Å². The van der Waals surface area contributed by atoms with Crippen molar-refractivity contribution in [3.63, 3.8) is 0 Å². The fraction of sp³-hybridized carbons (Fsp3) is 0.556. The van der Waals surface area contributed by atoms with Gasteiger partial charge in [0.1, 0.15) is 6.04 Å². The second-order valence-electron chi connectivity index (χ2n) is 6.81. The van der Waals surface area contributed by atoms with Gasteiger partial charge >= 0.3 is 11.7 Å². The maximum atomic E-state index is 13.2. The smallest absolute Gasteiger partial charge is 0.333 e. The number of methoxy groups -OCH3 is 1. The molecule has 0 aliphatic heterocycles. The average molecular weight is 375 g/mol. The summed E-state index contributed by atoms with van der Waals surface area (Å²) in [5, 5.41) is 0. The number of hydrogen-bond acceptors (Lipinski definition) is 5. The summed E-state index contributed by atoms with van der Waals surface area (Å²) in [5.41, 5.74) is 1.36. The lowest BCUT2D eigenvalue weighted by Gasteiger charge is -2.13. The van der Waals surface area contributed by atoms with Gasteiger partial charge in [0.25, 0.3) is 5.56 Å². The SMILES string of the molecule is CCCCn1c(C)c(C)n2c3c(=O)n(C(C)C(=O)OC)c(=O)n(C)c3nc12. The quantitative estimate of drug-likeness (QED) is 0.627. The largest absolute Gasteiger partial charge is 0.467 e. The molecule has 0 amide bonds. The van der Waals surface area contributed by atoms with Crippen molar-refractivity contribution in [2.24, 2.45) is 7.05 Å². The van der Waals surface area contributed by atoms with Gasteiger partial charge in [-0.3, -0.25) is 13.8 Å². The van der Waals surface area contributed by atoms with Crippen LogP contribution < -0.4 is 11.2 Å². The maximum Gasteiger partial charge on any atom is 0.333 e. The Morgan fingerprint density at radius 2 is 1.89 bits per heavy atom. The van der Waals surface area contributed by atoms with Crippen LogP contribution in [0.3, 0.4) is 0 Å². The van der Waals surface area contributed by atoms with Gasteiger partial charge in [0.2, 0.25) is 5.78 Å². The summed E-state index contributed by atoms with van der Waals surface area (Å²) < 4.78 is 10.8. The van der Waals surface area contributed by atoms with E-state index in [0.29, 0.717) is 16.9 Å². The van der Waals surface area contributed by atoms with Gasteiger partial charge in [0.05, 0.1) is 7.11 Å². The van der Waals surface area contributed by atoms with Crippen molar-refractivity contribution in [2.45, 2.75) is 53.1 Å². The number of esters is 1. The van der Waals surface area contributed by atoms with E-state index >= 15 is 0 Å². The Balaban J connectivity index is 2.45. The van der Waals surface area contributed by atoms with Crippen LogP contribution >= 0.6 is 0 Å². The number of carbonyl (C=O) groups is 1. The number of nitrogens with zero attached hydrogens (tertiary/aromatic N) is 5. The van der Waals surface area contributed by atoms with E-state index in [0.717, 1.165) is 35.3 Å². The van der Waals surface area contributed by atoms with E-state index in [2.05, 4.69) is 16.5 Å². The Bertz CT molecular complexity index is 1160. The zero-order valence-electron chi connectivity index (χ0n) is 16.6. The Kier molecular flexibility index (Phi) is 4.71. The third kappa shape index (κ3) is 2.60. The maximum absolute atomic E-state index is 13.2. The molecule has 1 atom stereocenters. The molecule has 3 heterocycles. The number of unbranched alkanes of at least 4 members (excludes halogenated alkanes) is 1. The van der Waals surface area contributed by atoms with Gasteiger partial charge in [0, 0.05) is 25.0 Å². The molecule has 146 valence electrons. The van der Waals surface area contributed by atoms with E-state index in [1.807, 2.05) is 13.8 Å². The zero-order chi connectivity index (χ0) is 20.0. The van der Waals surface area contributed by atoms with Crippen molar-refractivity contribution in [1.82, 2.24) is 23.1 Å². The third-order valence-electron chi connectivity index (χ3n) is 5.24. The normalized spacial score (nSPS) is 12.8. The van der Waals surface area contributed by atoms with Crippen molar-refractivity contribution in [2.75, 3.05) is 7.11 Å². The van der Waals surface area contributed by atoms with Gasteiger partial charge in [-0.2, -0.15) is 4.98 Å². The highest BCUT2D eigenvalue weighted by Gasteiger charge is 2.26. The predicted molar refractivity (Wildman–Crippen MR) is 101 cm³/mol. The second kappa shape index (κ2) is 6.71. The molecule has 1 unspecified atom stereocenters. The minimum Gasteiger partial charge on any atom is -0.467 e.